The van der Waals surface area contributed by atoms with Crippen molar-refractivity contribution in [3.8, 4) is 0 Å². The molecule has 0 saturated carbocycles. The number of likely N-dealkylation sites (tertiary alicyclic amines) is 3. The molecule has 0 bridgehead atoms. The average Bonchev–Trinajstić information content (AvgIpc) is 3.74. The number of fused-ring (bicyclic) bond motifs is 1. The number of alkyl halides is 2. The molecule has 9 nitrogen and oxygen atoms in total. The molecule has 4 aliphatic rings. The quantitative estimate of drug-likeness (QED) is 0.193. The van der Waals surface area contributed by atoms with Gasteiger partial charge in [0.25, 0.3) is 6.43 Å². The van der Waals surface area contributed by atoms with Crippen LogP contribution in [-0.2, 0) is 17.8 Å². The third-order valence-corrected chi connectivity index (χ3v) is 14.5. The summed E-state index contributed by atoms with van der Waals surface area (Å²) >= 11 is 4.28. The number of anilines is 1. The van der Waals surface area contributed by atoms with Gasteiger partial charge in [-0.3, -0.25) is 0 Å². The fraction of sp³-hybridized carbons (Fsp3) is 0.581. The topological polar surface area (TPSA) is 102 Å². The molecule has 1 atom stereocenters. The molecule has 0 spiro atoms. The third-order valence-electron chi connectivity index (χ3n) is 9.54. The van der Waals surface area contributed by atoms with Crippen molar-refractivity contribution in [3.63, 3.8) is 0 Å². The molecule has 0 aliphatic carbocycles. The Bertz CT molecular complexity index is 1410. The number of urea groups is 1. The van der Waals surface area contributed by atoms with Gasteiger partial charge in [0.1, 0.15) is 0 Å². The second kappa shape index (κ2) is 14.4. The van der Waals surface area contributed by atoms with Crippen molar-refractivity contribution in [2.75, 3.05) is 45.0 Å². The molecule has 14 heteroatoms. The zero-order chi connectivity index (χ0) is 31.7. The maximum atomic E-state index is 13.9. The van der Waals surface area contributed by atoms with E-state index in [9.17, 15) is 23.2 Å². The molecule has 4 aliphatic heterocycles. The molecule has 1 aromatic heterocycles. The van der Waals surface area contributed by atoms with E-state index in [0.29, 0.717) is 61.6 Å². The fourth-order valence-electron chi connectivity index (χ4n) is 6.99. The molecule has 246 valence electrons. The summed E-state index contributed by atoms with van der Waals surface area (Å²) in [5, 5.41) is 5.03. The Kier molecular flexibility index (Phi) is 10.5. The van der Waals surface area contributed by atoms with E-state index in [-0.39, 0.29) is 39.6 Å². The predicted molar refractivity (Wildman–Crippen MR) is 168 cm³/mol. The summed E-state index contributed by atoms with van der Waals surface area (Å²) in [6, 6.07) is 4.38. The molecule has 5 heterocycles. The van der Waals surface area contributed by atoms with Crippen molar-refractivity contribution in [3.05, 3.63) is 47.6 Å². The van der Waals surface area contributed by atoms with E-state index in [1.165, 1.54) is 27.4 Å². The molecule has 2 aromatic rings. The normalized spacial score (nSPS) is 21.2. The molecule has 6 rings (SSSR count). The number of piperidine rings is 2. The first-order chi connectivity index (χ1) is 21.7. The number of hydrogen-bond acceptors (Lipinski definition) is 6. The second-order valence-electron chi connectivity index (χ2n) is 12.3. The Morgan fingerprint density at radius 2 is 1.69 bits per heavy atom. The number of hydrogen-bond donors (Lipinski definition) is 2. The van der Waals surface area contributed by atoms with E-state index < -0.39 is 33.7 Å². The van der Waals surface area contributed by atoms with Crippen LogP contribution in [-0.4, -0.2) is 92.8 Å². The van der Waals surface area contributed by atoms with Gasteiger partial charge in [0, 0.05) is 16.1 Å². The molecule has 45 heavy (non-hydrogen) atoms. The SMILES string of the molecule is Nc1c(Br)cc(C[C@@H](NC(=O)N2CCC(N3Cc4ccsc4[I-]C3=O)CC2)C(=O)N2CCC(N3CCCC3)CC2)cc1C(F)F. The number of carbonyl (C=O) groups excluding carboxylic acids is 3. The number of benzene rings is 1. The zero-order valence-corrected chi connectivity index (χ0v) is 29.6. The van der Waals surface area contributed by atoms with Crippen LogP contribution < -0.4 is 32.3 Å². The molecule has 4 amide bonds. The summed E-state index contributed by atoms with van der Waals surface area (Å²) in [4.78, 5) is 48.5. The smallest absolute Gasteiger partial charge is 0.300 e. The minimum atomic E-state index is -2.77. The molecule has 0 unspecified atom stereocenters. The molecular formula is C31H39BrF2IN6O3S-. The summed E-state index contributed by atoms with van der Waals surface area (Å²) in [5.74, 6) is -0.195. The first-order valence-electron chi connectivity index (χ1n) is 15.6. The molecule has 3 N–H and O–H groups in total. The summed E-state index contributed by atoms with van der Waals surface area (Å²) in [6.45, 7) is 4.99. The first kappa shape index (κ1) is 32.9. The monoisotopic (exact) mass is 819 g/mol. The van der Waals surface area contributed by atoms with Crippen LogP contribution in [0.5, 0.6) is 0 Å². The van der Waals surface area contributed by atoms with E-state index >= 15 is 0 Å². The average molecular weight is 821 g/mol. The number of rotatable bonds is 7. The number of carbonyl (C=O) groups is 3. The van der Waals surface area contributed by atoms with E-state index in [0.717, 1.165) is 25.9 Å². The van der Waals surface area contributed by atoms with Crippen LogP contribution in [0.1, 0.15) is 61.6 Å². The van der Waals surface area contributed by atoms with Gasteiger partial charge in [-0.15, -0.1) is 0 Å². The van der Waals surface area contributed by atoms with E-state index in [1.807, 2.05) is 9.80 Å². The summed E-state index contributed by atoms with van der Waals surface area (Å²) in [7, 11) is 0. The Hall–Kier alpha value is -2.04. The Labute approximate surface area is 285 Å². The number of nitrogens with two attached hydrogens (primary N) is 1. The van der Waals surface area contributed by atoms with Gasteiger partial charge in [-0.25, -0.2) is 8.78 Å². The molecule has 1 aromatic carbocycles. The van der Waals surface area contributed by atoms with Crippen LogP contribution >= 0.6 is 27.3 Å². The van der Waals surface area contributed by atoms with Crippen LogP contribution in [0.2, 0.25) is 0 Å². The number of nitrogens with one attached hydrogen (secondary N) is 1. The van der Waals surface area contributed by atoms with Crippen molar-refractivity contribution in [2.24, 2.45) is 0 Å². The van der Waals surface area contributed by atoms with Crippen molar-refractivity contribution in [2.45, 2.75) is 76.0 Å². The van der Waals surface area contributed by atoms with Crippen molar-refractivity contribution in [1.29, 1.82) is 0 Å². The van der Waals surface area contributed by atoms with Crippen molar-refractivity contribution >= 4 is 48.8 Å². The number of thiophene rings is 1. The van der Waals surface area contributed by atoms with Crippen LogP contribution in [0, 0.1) is 2.88 Å². The van der Waals surface area contributed by atoms with Gasteiger partial charge in [-0.1, -0.05) is 0 Å². The van der Waals surface area contributed by atoms with Gasteiger partial charge < -0.3 is 10.6 Å². The van der Waals surface area contributed by atoms with E-state index in [2.05, 4.69) is 37.6 Å². The summed E-state index contributed by atoms with van der Waals surface area (Å²) < 4.78 is 29.3. The van der Waals surface area contributed by atoms with E-state index in [4.69, 9.17) is 5.73 Å². The number of nitrogens with zero attached hydrogens (tertiary/aromatic N) is 4. The van der Waals surface area contributed by atoms with Gasteiger partial charge >= 0.3 is 184 Å². The standard InChI is InChI=1S/C31H39BrF2IN6O3S/c32-24-16-19(15-23(26(24)36)27(33)34)17-25(29(42)39-10-3-21(4-11-39)38-8-1-2-9-38)37-31(44)40-12-5-22(6-13-40)41-18-20-7-14-45-28(20)35-30(41)43/h7,14-16,21-22,25,27H,1-6,8-13,17-18,36H2,(H,37,44)/q-1/t25-/m1/s1. The molecular weight excluding hydrogens is 781 g/mol. The van der Waals surface area contributed by atoms with Gasteiger partial charge in [0.05, 0.1) is 5.69 Å². The third kappa shape index (κ3) is 7.43. The van der Waals surface area contributed by atoms with Crippen LogP contribution in [0.4, 0.5) is 24.1 Å². The Morgan fingerprint density at radius 3 is 2.38 bits per heavy atom. The summed E-state index contributed by atoms with van der Waals surface area (Å²) in [5.41, 5.74) is 7.31. The Balaban J connectivity index is 1.12. The van der Waals surface area contributed by atoms with Crippen molar-refractivity contribution in [1.82, 2.24) is 24.9 Å². The fourth-order valence-corrected chi connectivity index (χ4v) is 11.5. The first-order valence-corrected chi connectivity index (χ1v) is 19.5. The zero-order valence-electron chi connectivity index (χ0n) is 25.0. The van der Waals surface area contributed by atoms with Crippen LogP contribution in [0.25, 0.3) is 0 Å². The molecule has 0 radical (unpaired) electrons. The number of halogens is 4. The Morgan fingerprint density at radius 1 is 1.02 bits per heavy atom. The van der Waals surface area contributed by atoms with E-state index in [1.54, 1.807) is 22.3 Å². The number of amides is 4. The van der Waals surface area contributed by atoms with Crippen molar-refractivity contribution < 1.29 is 44.4 Å². The van der Waals surface area contributed by atoms with Gasteiger partial charge in [0.15, 0.2) is 0 Å². The van der Waals surface area contributed by atoms with Crippen LogP contribution in [0.3, 0.4) is 0 Å². The minimum Gasteiger partial charge on any atom is -0.300 e. The van der Waals surface area contributed by atoms with Gasteiger partial charge in [-0.2, -0.15) is 0 Å². The second-order valence-corrected chi connectivity index (χ2v) is 17.3. The minimum absolute atomic E-state index is 0.0305. The summed E-state index contributed by atoms with van der Waals surface area (Å²) in [6.07, 6.45) is 2.85. The predicted octanol–water partition coefficient (Wildman–Crippen LogP) is 2.10. The maximum absolute atomic E-state index is 13.9. The van der Waals surface area contributed by atoms with Crippen LogP contribution in [0.15, 0.2) is 28.1 Å². The molecule has 3 fully saturated rings. The van der Waals surface area contributed by atoms with Gasteiger partial charge in [0.2, 0.25) is 0 Å². The van der Waals surface area contributed by atoms with Gasteiger partial charge in [-0.05, 0) is 54.7 Å². The molecule has 3 saturated heterocycles. The number of nitrogen functional groups attached to an aromatic ring is 1.